The second-order valence-electron chi connectivity index (χ2n) is 5.94. The number of fused-ring (bicyclic) bond motifs is 1. The van der Waals surface area contributed by atoms with Crippen molar-refractivity contribution in [2.24, 2.45) is 0 Å². The molecular weight excluding hydrogens is 394 g/mol. The summed E-state index contributed by atoms with van der Waals surface area (Å²) < 4.78 is 33.7. The molecule has 0 fully saturated rings. The molecule has 9 nitrogen and oxygen atoms in total. The van der Waals surface area contributed by atoms with Gasteiger partial charge in [-0.1, -0.05) is 18.2 Å². The fourth-order valence-electron chi connectivity index (χ4n) is 2.77. The van der Waals surface area contributed by atoms with Gasteiger partial charge in [-0.3, -0.25) is 4.79 Å². The highest BCUT2D eigenvalue weighted by Crippen LogP contribution is 2.26. The predicted molar refractivity (Wildman–Crippen MR) is 104 cm³/mol. The van der Waals surface area contributed by atoms with Crippen LogP contribution in [0.1, 0.15) is 10.5 Å². The van der Waals surface area contributed by atoms with Gasteiger partial charge in [0.2, 0.25) is 0 Å². The summed E-state index contributed by atoms with van der Waals surface area (Å²) in [6.45, 7) is 0. The molecular formula is C19H15N5O4S. The Bertz CT molecular complexity index is 1290. The molecule has 2 aromatic carbocycles. The highest BCUT2D eigenvalue weighted by molar-refractivity contribution is 7.90. The number of benzene rings is 2. The average molecular weight is 409 g/mol. The zero-order valence-electron chi connectivity index (χ0n) is 15.2. The molecule has 4 rings (SSSR count). The van der Waals surface area contributed by atoms with Crippen LogP contribution in [0.4, 0.5) is 0 Å². The molecule has 10 heteroatoms. The molecule has 0 atom stereocenters. The number of nitrogens with zero attached hydrogens (tertiary/aromatic N) is 4. The summed E-state index contributed by atoms with van der Waals surface area (Å²) in [5, 5.41) is 4.67. The van der Waals surface area contributed by atoms with E-state index < -0.39 is 15.9 Å². The van der Waals surface area contributed by atoms with Crippen LogP contribution in [-0.2, 0) is 10.0 Å². The molecule has 0 spiro atoms. The third kappa shape index (κ3) is 3.52. The number of sulfonamides is 1. The van der Waals surface area contributed by atoms with Crippen molar-refractivity contribution in [1.29, 1.82) is 0 Å². The number of hydrogen-bond donors (Lipinski definition) is 1. The van der Waals surface area contributed by atoms with Gasteiger partial charge in [-0.05, 0) is 36.4 Å². The van der Waals surface area contributed by atoms with E-state index in [1.807, 2.05) is 0 Å². The Hall–Kier alpha value is -3.79. The molecule has 146 valence electrons. The number of methoxy groups -OCH3 is 1. The molecule has 1 amide bonds. The summed E-state index contributed by atoms with van der Waals surface area (Å²) in [7, 11) is -2.57. The first-order valence-electron chi connectivity index (χ1n) is 8.46. The Morgan fingerprint density at radius 3 is 2.45 bits per heavy atom. The van der Waals surface area contributed by atoms with Crippen molar-refractivity contribution in [3.05, 3.63) is 72.7 Å². The third-order valence-electron chi connectivity index (χ3n) is 4.12. The van der Waals surface area contributed by atoms with Crippen molar-refractivity contribution in [2.45, 2.75) is 4.90 Å². The first-order chi connectivity index (χ1) is 14.0. The molecule has 0 aliphatic heterocycles. The molecule has 0 aliphatic carbocycles. The van der Waals surface area contributed by atoms with Gasteiger partial charge < -0.3 is 4.74 Å². The fourth-order valence-corrected chi connectivity index (χ4v) is 3.75. The van der Waals surface area contributed by atoms with E-state index in [9.17, 15) is 13.2 Å². The highest BCUT2D eigenvalue weighted by atomic mass is 32.2. The van der Waals surface area contributed by atoms with Crippen molar-refractivity contribution < 1.29 is 17.9 Å². The van der Waals surface area contributed by atoms with Gasteiger partial charge in [0.15, 0.2) is 5.69 Å². The van der Waals surface area contributed by atoms with E-state index >= 15 is 0 Å². The van der Waals surface area contributed by atoms with Crippen LogP contribution < -0.4 is 9.46 Å². The van der Waals surface area contributed by atoms with E-state index in [0.29, 0.717) is 16.7 Å². The maximum absolute atomic E-state index is 12.8. The summed E-state index contributed by atoms with van der Waals surface area (Å²) in [6, 6.07) is 14.3. The van der Waals surface area contributed by atoms with Gasteiger partial charge in [-0.15, -0.1) is 0 Å². The quantitative estimate of drug-likeness (QED) is 0.535. The highest BCUT2D eigenvalue weighted by Gasteiger charge is 2.24. The fraction of sp³-hybridized carbons (Fsp3) is 0.0526. The molecule has 0 saturated heterocycles. The smallest absolute Gasteiger partial charge is 0.286 e. The Morgan fingerprint density at radius 2 is 1.76 bits per heavy atom. The van der Waals surface area contributed by atoms with Gasteiger partial charge in [0.25, 0.3) is 21.9 Å². The molecule has 0 saturated carbocycles. The second-order valence-corrected chi connectivity index (χ2v) is 7.62. The monoisotopic (exact) mass is 409 g/mol. The van der Waals surface area contributed by atoms with E-state index in [0.717, 1.165) is 0 Å². The van der Waals surface area contributed by atoms with Crippen LogP contribution in [0.2, 0.25) is 0 Å². The number of hydrogen-bond acceptors (Lipinski definition) is 7. The van der Waals surface area contributed by atoms with Crippen LogP contribution in [0.15, 0.2) is 71.9 Å². The minimum absolute atomic E-state index is 0.0268. The van der Waals surface area contributed by atoms with Gasteiger partial charge in [0, 0.05) is 17.8 Å². The number of nitrogens with one attached hydrogen (secondary N) is 1. The van der Waals surface area contributed by atoms with Crippen LogP contribution in [-0.4, -0.2) is 41.2 Å². The Morgan fingerprint density at radius 1 is 1.03 bits per heavy atom. The van der Waals surface area contributed by atoms with Crippen LogP contribution in [0.25, 0.3) is 16.9 Å². The summed E-state index contributed by atoms with van der Waals surface area (Å²) in [5.41, 5.74) is 0.435. The molecule has 29 heavy (non-hydrogen) atoms. The van der Waals surface area contributed by atoms with Crippen molar-refractivity contribution in [3.8, 4) is 11.7 Å². The summed E-state index contributed by atoms with van der Waals surface area (Å²) >= 11 is 0. The molecule has 1 N–H and O–H groups in total. The van der Waals surface area contributed by atoms with E-state index in [1.165, 1.54) is 23.9 Å². The van der Waals surface area contributed by atoms with Crippen LogP contribution in [0, 0.1) is 0 Å². The normalized spacial score (nSPS) is 11.3. The molecule has 4 aromatic rings. The summed E-state index contributed by atoms with van der Waals surface area (Å²) in [6.07, 6.45) is 3.08. The maximum Gasteiger partial charge on any atom is 0.286 e. The first kappa shape index (κ1) is 18.6. The molecule has 0 unspecified atom stereocenters. The van der Waals surface area contributed by atoms with Crippen LogP contribution >= 0.6 is 0 Å². The molecule has 2 aromatic heterocycles. The van der Waals surface area contributed by atoms with Gasteiger partial charge in [-0.25, -0.2) is 23.1 Å². The maximum atomic E-state index is 12.8. The molecule has 2 heterocycles. The van der Waals surface area contributed by atoms with Crippen molar-refractivity contribution in [3.63, 3.8) is 0 Å². The number of rotatable bonds is 5. The van der Waals surface area contributed by atoms with Gasteiger partial charge in [0.1, 0.15) is 5.75 Å². The Balaban J connectivity index is 1.81. The van der Waals surface area contributed by atoms with Crippen molar-refractivity contribution in [2.75, 3.05) is 7.11 Å². The van der Waals surface area contributed by atoms with Crippen molar-refractivity contribution in [1.82, 2.24) is 24.5 Å². The van der Waals surface area contributed by atoms with E-state index in [1.54, 1.807) is 54.9 Å². The molecule has 0 bridgehead atoms. The van der Waals surface area contributed by atoms with Crippen LogP contribution in [0.5, 0.6) is 5.75 Å². The Labute approximate surface area is 166 Å². The standard InChI is InChI=1S/C19H15N5O4S/c1-28-13-8-9-16-15(12-13)17(22-24(16)19-20-10-5-11-21-19)18(25)23-29(26,27)14-6-3-2-4-7-14/h2-12H,1H3,(H,23,25). The number of carbonyl (C=O) groups excluding carboxylic acids is 1. The second kappa shape index (κ2) is 7.32. The average Bonchev–Trinajstić information content (AvgIpc) is 3.13. The topological polar surface area (TPSA) is 116 Å². The van der Waals surface area contributed by atoms with Gasteiger partial charge in [-0.2, -0.15) is 9.78 Å². The largest absolute Gasteiger partial charge is 0.497 e. The van der Waals surface area contributed by atoms with Crippen molar-refractivity contribution >= 4 is 26.8 Å². The minimum atomic E-state index is -4.06. The number of amides is 1. The zero-order valence-corrected chi connectivity index (χ0v) is 16.0. The van der Waals surface area contributed by atoms with E-state index in [-0.39, 0.29) is 16.5 Å². The molecule has 0 aliphatic rings. The lowest BCUT2D eigenvalue weighted by molar-refractivity contribution is 0.0977. The summed E-state index contributed by atoms with van der Waals surface area (Å²) in [5.74, 6) is -0.139. The van der Waals surface area contributed by atoms with Gasteiger partial charge >= 0.3 is 0 Å². The third-order valence-corrected chi connectivity index (χ3v) is 5.47. The Kier molecular flexibility index (Phi) is 4.69. The van der Waals surface area contributed by atoms with Crippen LogP contribution in [0.3, 0.4) is 0 Å². The van der Waals surface area contributed by atoms with E-state index in [4.69, 9.17) is 4.74 Å². The van der Waals surface area contributed by atoms with Gasteiger partial charge in [0.05, 0.1) is 17.5 Å². The number of ether oxygens (including phenoxy) is 1. The summed E-state index contributed by atoms with van der Waals surface area (Å²) in [4.78, 5) is 21.1. The lowest BCUT2D eigenvalue weighted by Crippen LogP contribution is -2.31. The minimum Gasteiger partial charge on any atom is -0.497 e. The number of carbonyl (C=O) groups is 1. The first-order valence-corrected chi connectivity index (χ1v) is 9.94. The molecule has 0 radical (unpaired) electrons. The lowest BCUT2D eigenvalue weighted by Gasteiger charge is -2.05. The zero-order chi connectivity index (χ0) is 20.4. The predicted octanol–water partition coefficient (Wildman–Crippen LogP) is 1.94. The lowest BCUT2D eigenvalue weighted by atomic mass is 10.2. The van der Waals surface area contributed by atoms with E-state index in [2.05, 4.69) is 19.8 Å². The number of aromatic nitrogens is 4. The SMILES string of the molecule is COc1ccc2c(c1)c(C(=O)NS(=O)(=O)c1ccccc1)nn2-c1ncccn1.